The zero-order valence-electron chi connectivity index (χ0n) is 13.6. The lowest BCUT2D eigenvalue weighted by atomic mass is 10.2. The third-order valence-electron chi connectivity index (χ3n) is 3.70. The summed E-state index contributed by atoms with van der Waals surface area (Å²) in [6, 6.07) is 9.93. The first-order chi connectivity index (χ1) is 12.0. The van der Waals surface area contributed by atoms with Gasteiger partial charge in [0.15, 0.2) is 0 Å². The fourth-order valence-electron chi connectivity index (χ4n) is 2.46. The van der Waals surface area contributed by atoms with E-state index in [1.165, 1.54) is 12.3 Å². The van der Waals surface area contributed by atoms with Gasteiger partial charge >= 0.3 is 5.69 Å². The van der Waals surface area contributed by atoms with Crippen LogP contribution in [0.4, 0.5) is 5.82 Å². The van der Waals surface area contributed by atoms with E-state index in [2.05, 4.69) is 10.3 Å². The number of anilines is 1. The maximum atomic E-state index is 12.2. The second kappa shape index (κ2) is 6.91. The van der Waals surface area contributed by atoms with Crippen LogP contribution >= 0.6 is 0 Å². The number of carbonyl (C=O) groups excluding carboxylic acids is 1. The Morgan fingerprint density at radius 2 is 2.17 bits per heavy atom. The third-order valence-corrected chi connectivity index (χ3v) is 3.70. The molecule has 0 radical (unpaired) electrons. The molecule has 1 aliphatic heterocycles. The Kier molecular flexibility index (Phi) is 4.32. The summed E-state index contributed by atoms with van der Waals surface area (Å²) in [7, 11) is 0. The van der Waals surface area contributed by atoms with Crippen molar-refractivity contribution in [3.05, 3.63) is 58.6 Å². The summed E-state index contributed by atoms with van der Waals surface area (Å²) in [5.41, 5.74) is -0.244. The van der Waals surface area contributed by atoms with E-state index in [-0.39, 0.29) is 12.2 Å². The van der Waals surface area contributed by atoms with E-state index >= 15 is 0 Å². The molecule has 0 saturated carbocycles. The Bertz CT molecular complexity index is 811. The third kappa shape index (κ3) is 3.35. The first-order valence-electron chi connectivity index (χ1n) is 7.93. The van der Waals surface area contributed by atoms with Gasteiger partial charge < -0.3 is 20.3 Å². The molecule has 0 unspecified atom stereocenters. The van der Waals surface area contributed by atoms with E-state index in [9.17, 15) is 19.8 Å². The molecule has 24 heavy (non-hydrogen) atoms. The lowest BCUT2D eigenvalue weighted by Gasteiger charge is -2.14. The standard InChI is InChI=1S/C16H17N3O5/c20-9-12-11(21)8-14(24-12)19-7-6-13(18-16(19)23)17-15(22)10-4-2-1-3-5-10/h1-7,11-12,14,20-21H,8-9H2,(H,17,18,22,23)/t11-,12+,14+/m0/s1/i9D/t9-,11+,12-,14-/m1. The van der Waals surface area contributed by atoms with Gasteiger partial charge in [0.1, 0.15) is 18.1 Å². The van der Waals surface area contributed by atoms with Gasteiger partial charge in [-0.25, -0.2) is 4.79 Å². The van der Waals surface area contributed by atoms with E-state index in [1.807, 2.05) is 0 Å². The fourth-order valence-corrected chi connectivity index (χ4v) is 2.46. The molecule has 1 saturated heterocycles. The van der Waals surface area contributed by atoms with Crippen molar-refractivity contribution in [2.75, 3.05) is 11.9 Å². The molecule has 0 spiro atoms. The average molecular weight is 332 g/mol. The highest BCUT2D eigenvalue weighted by molar-refractivity contribution is 6.03. The molecule has 8 heteroatoms. The quantitative estimate of drug-likeness (QED) is 0.734. The number of nitrogens with zero attached hydrogens (tertiary/aromatic N) is 2. The van der Waals surface area contributed by atoms with Gasteiger partial charge in [-0.15, -0.1) is 0 Å². The van der Waals surface area contributed by atoms with Gasteiger partial charge in [-0.1, -0.05) is 18.2 Å². The lowest BCUT2D eigenvalue weighted by Crippen LogP contribution is -2.28. The molecule has 1 aromatic carbocycles. The van der Waals surface area contributed by atoms with Crippen molar-refractivity contribution in [3.8, 4) is 0 Å². The molecule has 2 aromatic rings. The highest BCUT2D eigenvalue weighted by Gasteiger charge is 2.34. The summed E-state index contributed by atoms with van der Waals surface area (Å²) in [5, 5.41) is 21.6. The Morgan fingerprint density at radius 3 is 2.79 bits per heavy atom. The predicted octanol–water partition coefficient (Wildman–Crippen LogP) is 0.136. The maximum Gasteiger partial charge on any atom is 0.351 e. The lowest BCUT2D eigenvalue weighted by molar-refractivity contribution is -0.0458. The molecule has 4 atom stereocenters. The zero-order valence-corrected chi connectivity index (χ0v) is 12.6. The van der Waals surface area contributed by atoms with Gasteiger partial charge in [-0.05, 0) is 18.2 Å². The Balaban J connectivity index is 1.74. The summed E-state index contributed by atoms with van der Waals surface area (Å²) in [4.78, 5) is 28.0. The first kappa shape index (κ1) is 15.0. The molecule has 1 aromatic heterocycles. The minimum Gasteiger partial charge on any atom is -0.394 e. The highest BCUT2D eigenvalue weighted by Crippen LogP contribution is 2.27. The van der Waals surface area contributed by atoms with Crippen LogP contribution in [0.1, 0.15) is 24.4 Å². The minimum atomic E-state index is -1.60. The van der Waals surface area contributed by atoms with Crippen LogP contribution in [0, 0.1) is 0 Å². The molecule has 1 amide bonds. The van der Waals surface area contributed by atoms with Gasteiger partial charge in [0.25, 0.3) is 5.91 Å². The van der Waals surface area contributed by atoms with E-state index in [1.54, 1.807) is 30.3 Å². The smallest absolute Gasteiger partial charge is 0.351 e. The van der Waals surface area contributed by atoms with Crippen LogP contribution in [0.3, 0.4) is 0 Å². The molecule has 8 nitrogen and oxygen atoms in total. The van der Waals surface area contributed by atoms with Crippen molar-refractivity contribution in [3.63, 3.8) is 0 Å². The Hall–Kier alpha value is -2.55. The van der Waals surface area contributed by atoms with Gasteiger partial charge in [0.05, 0.1) is 14.1 Å². The van der Waals surface area contributed by atoms with Crippen molar-refractivity contribution >= 4 is 11.7 Å². The van der Waals surface area contributed by atoms with Crippen LogP contribution in [0.2, 0.25) is 0 Å². The summed E-state index contributed by atoms with van der Waals surface area (Å²) in [5.74, 6) is -0.305. The highest BCUT2D eigenvalue weighted by atomic mass is 16.5. The van der Waals surface area contributed by atoms with Crippen molar-refractivity contribution in [2.45, 2.75) is 24.9 Å². The van der Waals surface area contributed by atoms with Crippen molar-refractivity contribution < 1.29 is 21.1 Å². The zero-order chi connectivity index (χ0) is 18.0. The molecule has 0 bridgehead atoms. The van der Waals surface area contributed by atoms with E-state index < -0.39 is 36.6 Å². The Labute approximate surface area is 138 Å². The van der Waals surface area contributed by atoms with Gasteiger partial charge in [0, 0.05) is 18.2 Å². The van der Waals surface area contributed by atoms with Crippen LogP contribution in [0.15, 0.2) is 47.4 Å². The fraction of sp³-hybridized carbons (Fsp3) is 0.312. The molecule has 126 valence electrons. The Morgan fingerprint density at radius 1 is 1.42 bits per heavy atom. The van der Waals surface area contributed by atoms with Gasteiger partial charge in [0.2, 0.25) is 0 Å². The van der Waals surface area contributed by atoms with Crippen LogP contribution in [-0.4, -0.2) is 44.5 Å². The summed E-state index contributed by atoms with van der Waals surface area (Å²) in [6.45, 7) is -1.60. The number of amides is 1. The number of ether oxygens (including phenoxy) is 1. The first-order valence-corrected chi connectivity index (χ1v) is 7.35. The number of aromatic nitrogens is 2. The van der Waals surface area contributed by atoms with E-state index in [4.69, 9.17) is 6.11 Å². The number of benzene rings is 1. The van der Waals surface area contributed by atoms with Crippen LogP contribution in [0.25, 0.3) is 0 Å². The second-order valence-corrected chi connectivity index (χ2v) is 5.33. The van der Waals surface area contributed by atoms with Gasteiger partial charge in [-0.2, -0.15) is 4.98 Å². The largest absolute Gasteiger partial charge is 0.394 e. The monoisotopic (exact) mass is 332 g/mol. The molecule has 3 N–H and O–H groups in total. The number of nitrogens with one attached hydrogen (secondary N) is 1. The van der Waals surface area contributed by atoms with Crippen molar-refractivity contribution in [1.29, 1.82) is 0 Å². The molecule has 1 fully saturated rings. The normalized spacial score (nSPS) is 25.1. The second-order valence-electron chi connectivity index (χ2n) is 5.33. The number of aliphatic hydroxyl groups excluding tert-OH is 2. The number of hydrogen-bond donors (Lipinski definition) is 3. The average Bonchev–Trinajstić information content (AvgIpc) is 2.97. The number of carbonyl (C=O) groups is 1. The van der Waals surface area contributed by atoms with Crippen molar-refractivity contribution in [2.24, 2.45) is 0 Å². The van der Waals surface area contributed by atoms with Crippen LogP contribution in [0.5, 0.6) is 0 Å². The molecular weight excluding hydrogens is 314 g/mol. The molecular formula is C16H17N3O5. The topological polar surface area (TPSA) is 114 Å². The summed E-state index contributed by atoms with van der Waals surface area (Å²) < 4.78 is 13.7. The summed E-state index contributed by atoms with van der Waals surface area (Å²) >= 11 is 0. The van der Waals surface area contributed by atoms with Crippen LogP contribution in [-0.2, 0) is 4.74 Å². The van der Waals surface area contributed by atoms with Crippen molar-refractivity contribution in [1.82, 2.24) is 9.55 Å². The summed E-state index contributed by atoms with van der Waals surface area (Å²) in [6.07, 6.45) is -1.54. The molecule has 3 rings (SSSR count). The molecule has 2 heterocycles. The number of aliphatic hydroxyl groups is 2. The predicted molar refractivity (Wildman–Crippen MR) is 84.5 cm³/mol. The van der Waals surface area contributed by atoms with E-state index in [0.29, 0.717) is 5.56 Å². The van der Waals surface area contributed by atoms with E-state index in [0.717, 1.165) is 4.57 Å². The van der Waals surface area contributed by atoms with Gasteiger partial charge in [-0.3, -0.25) is 9.36 Å². The number of hydrogen-bond acceptors (Lipinski definition) is 6. The minimum absolute atomic E-state index is 0.0535. The molecule has 1 aliphatic rings. The maximum absolute atomic E-state index is 12.2. The molecule has 0 aliphatic carbocycles. The SMILES string of the molecule is [2H][C@@H](O)[C@H]1O[C@@H](n2ccc(NC(=O)c3ccccc3)nc2=O)C[C@@H]1O. The van der Waals surface area contributed by atoms with Crippen LogP contribution < -0.4 is 11.0 Å². The number of rotatable bonds is 4.